The fraction of sp³-hybridized carbons (Fsp3) is 0.308. The van der Waals surface area contributed by atoms with E-state index < -0.39 is 0 Å². The van der Waals surface area contributed by atoms with Crippen molar-refractivity contribution in [1.29, 1.82) is 0 Å². The number of amides is 1. The van der Waals surface area contributed by atoms with E-state index in [-0.39, 0.29) is 5.91 Å². The van der Waals surface area contributed by atoms with Crippen LogP contribution in [0, 0.1) is 0 Å². The lowest BCUT2D eigenvalue weighted by Crippen LogP contribution is -2.48. The van der Waals surface area contributed by atoms with Gasteiger partial charge in [0, 0.05) is 31.2 Å². The maximum atomic E-state index is 11.8. The fourth-order valence-corrected chi connectivity index (χ4v) is 2.25. The van der Waals surface area contributed by atoms with E-state index >= 15 is 0 Å². The van der Waals surface area contributed by atoms with E-state index in [1.165, 1.54) is 6.33 Å². The van der Waals surface area contributed by atoms with E-state index in [9.17, 15) is 4.79 Å². The number of piperazine rings is 1. The summed E-state index contributed by atoms with van der Waals surface area (Å²) in [5, 5.41) is 0.925. The number of nitrogens with two attached hydrogens (primary N) is 1. The predicted octanol–water partition coefficient (Wildman–Crippen LogP) is 0.490. The summed E-state index contributed by atoms with van der Waals surface area (Å²) < 4.78 is 0. The Morgan fingerprint density at radius 2 is 2.11 bits per heavy atom. The molecule has 1 aromatic heterocycles. The Morgan fingerprint density at radius 3 is 2.89 bits per heavy atom. The van der Waals surface area contributed by atoms with Crippen molar-refractivity contribution in [2.45, 2.75) is 0 Å². The number of aromatic nitrogens is 2. The molecule has 1 aromatic carbocycles. The van der Waals surface area contributed by atoms with E-state index in [1.807, 2.05) is 30.1 Å². The summed E-state index contributed by atoms with van der Waals surface area (Å²) in [4.78, 5) is 24.1. The molecule has 1 amide bonds. The number of rotatable bonds is 1. The first-order valence-electron chi connectivity index (χ1n) is 6.14. The van der Waals surface area contributed by atoms with Crippen molar-refractivity contribution in [1.82, 2.24) is 14.9 Å². The summed E-state index contributed by atoms with van der Waals surface area (Å²) in [7, 11) is 1.82. The zero-order chi connectivity index (χ0) is 13.4. The van der Waals surface area contributed by atoms with Crippen LogP contribution < -0.4 is 10.6 Å². The molecule has 0 spiro atoms. The van der Waals surface area contributed by atoms with Gasteiger partial charge in [0.1, 0.15) is 12.1 Å². The Kier molecular flexibility index (Phi) is 2.70. The molecule has 0 bridgehead atoms. The molecule has 98 valence electrons. The van der Waals surface area contributed by atoms with E-state index in [1.54, 1.807) is 4.90 Å². The van der Waals surface area contributed by atoms with E-state index in [0.717, 1.165) is 23.3 Å². The first-order valence-corrected chi connectivity index (χ1v) is 6.14. The topological polar surface area (TPSA) is 75.3 Å². The Morgan fingerprint density at radius 1 is 1.26 bits per heavy atom. The summed E-state index contributed by atoms with van der Waals surface area (Å²) in [5.74, 6) is 0.903. The van der Waals surface area contributed by atoms with Crippen LogP contribution in [0.15, 0.2) is 24.5 Å². The molecule has 1 fully saturated rings. The van der Waals surface area contributed by atoms with Crippen molar-refractivity contribution in [3.8, 4) is 0 Å². The summed E-state index contributed by atoms with van der Waals surface area (Å²) in [6.45, 7) is 1.84. The normalized spacial score (nSPS) is 16.2. The molecular weight excluding hydrogens is 242 g/mol. The van der Waals surface area contributed by atoms with Gasteiger partial charge in [-0.2, -0.15) is 0 Å². The van der Waals surface area contributed by atoms with Gasteiger partial charge in [-0.3, -0.25) is 4.79 Å². The number of nitrogen functional groups attached to an aromatic ring is 1. The van der Waals surface area contributed by atoms with Crippen LogP contribution in [-0.4, -0.2) is 47.5 Å². The van der Waals surface area contributed by atoms with Crippen LogP contribution in [0.25, 0.3) is 10.9 Å². The van der Waals surface area contributed by atoms with Crippen molar-refractivity contribution < 1.29 is 4.79 Å². The molecule has 0 unspecified atom stereocenters. The Hall–Kier alpha value is -2.37. The number of nitrogens with zero attached hydrogens (tertiary/aromatic N) is 4. The Balaban J connectivity index is 2.03. The molecule has 2 N–H and O–H groups in total. The zero-order valence-corrected chi connectivity index (χ0v) is 10.7. The van der Waals surface area contributed by atoms with E-state index in [4.69, 9.17) is 5.73 Å². The van der Waals surface area contributed by atoms with Gasteiger partial charge in [0.2, 0.25) is 5.91 Å². The Bertz CT molecular complexity index is 642. The summed E-state index contributed by atoms with van der Waals surface area (Å²) in [5.41, 5.74) is 7.23. The van der Waals surface area contributed by atoms with Gasteiger partial charge in [-0.15, -0.1) is 0 Å². The third-order valence-corrected chi connectivity index (χ3v) is 3.40. The molecule has 1 saturated heterocycles. The van der Waals surface area contributed by atoms with Crippen LogP contribution >= 0.6 is 0 Å². The lowest BCUT2D eigenvalue weighted by Gasteiger charge is -2.33. The molecular formula is C13H15N5O. The highest BCUT2D eigenvalue weighted by Gasteiger charge is 2.23. The molecule has 19 heavy (non-hydrogen) atoms. The predicted molar refractivity (Wildman–Crippen MR) is 73.8 cm³/mol. The lowest BCUT2D eigenvalue weighted by atomic mass is 10.2. The van der Waals surface area contributed by atoms with Gasteiger partial charge in [-0.1, -0.05) is 0 Å². The molecule has 1 aliphatic rings. The smallest absolute Gasteiger partial charge is 0.241 e. The molecule has 2 aromatic rings. The zero-order valence-electron chi connectivity index (χ0n) is 10.7. The number of fused-ring (bicyclic) bond motifs is 1. The highest BCUT2D eigenvalue weighted by atomic mass is 16.2. The molecule has 2 heterocycles. The number of benzene rings is 1. The fourth-order valence-electron chi connectivity index (χ4n) is 2.25. The minimum atomic E-state index is 0.105. The second-order valence-electron chi connectivity index (χ2n) is 4.71. The minimum absolute atomic E-state index is 0.105. The van der Waals surface area contributed by atoms with Crippen LogP contribution in [0.5, 0.6) is 0 Å². The SMILES string of the molecule is CN1CCN(c2ncnc3cc(N)ccc23)CC1=O. The van der Waals surface area contributed by atoms with Gasteiger partial charge in [0.15, 0.2) is 0 Å². The van der Waals surface area contributed by atoms with Crippen LogP contribution in [0.1, 0.15) is 0 Å². The van der Waals surface area contributed by atoms with Crippen molar-refractivity contribution in [3.05, 3.63) is 24.5 Å². The van der Waals surface area contributed by atoms with Crippen molar-refractivity contribution >= 4 is 28.3 Å². The van der Waals surface area contributed by atoms with Crippen molar-refractivity contribution in [2.75, 3.05) is 37.3 Å². The quantitative estimate of drug-likeness (QED) is 0.752. The van der Waals surface area contributed by atoms with Crippen molar-refractivity contribution in [2.24, 2.45) is 0 Å². The van der Waals surface area contributed by atoms with Gasteiger partial charge in [-0.25, -0.2) is 9.97 Å². The molecule has 6 nitrogen and oxygen atoms in total. The molecule has 0 atom stereocenters. The number of anilines is 2. The highest BCUT2D eigenvalue weighted by molar-refractivity contribution is 5.93. The second-order valence-corrected chi connectivity index (χ2v) is 4.71. The molecule has 1 aliphatic heterocycles. The minimum Gasteiger partial charge on any atom is -0.399 e. The lowest BCUT2D eigenvalue weighted by molar-refractivity contribution is -0.129. The number of carbonyl (C=O) groups excluding carboxylic acids is 1. The molecule has 0 radical (unpaired) electrons. The van der Waals surface area contributed by atoms with Crippen LogP contribution in [0.3, 0.4) is 0 Å². The van der Waals surface area contributed by atoms with Gasteiger partial charge in [0.05, 0.1) is 12.1 Å². The van der Waals surface area contributed by atoms with Gasteiger partial charge >= 0.3 is 0 Å². The average molecular weight is 257 g/mol. The second kappa shape index (κ2) is 4.38. The first kappa shape index (κ1) is 11.7. The van der Waals surface area contributed by atoms with Crippen LogP contribution in [-0.2, 0) is 4.79 Å². The average Bonchev–Trinajstić information content (AvgIpc) is 2.41. The largest absolute Gasteiger partial charge is 0.399 e. The van der Waals surface area contributed by atoms with Crippen molar-refractivity contribution in [3.63, 3.8) is 0 Å². The molecule has 0 saturated carbocycles. The number of likely N-dealkylation sites (N-methyl/N-ethyl adjacent to an activating group) is 1. The third-order valence-electron chi connectivity index (χ3n) is 3.40. The molecule has 3 rings (SSSR count). The van der Waals surface area contributed by atoms with E-state index in [0.29, 0.717) is 18.8 Å². The van der Waals surface area contributed by atoms with Gasteiger partial charge < -0.3 is 15.5 Å². The van der Waals surface area contributed by atoms with Gasteiger partial charge in [-0.05, 0) is 18.2 Å². The number of hydrogen-bond acceptors (Lipinski definition) is 5. The standard InChI is InChI=1S/C13H15N5O/c1-17-4-5-18(7-12(17)19)13-10-3-2-9(14)6-11(10)15-8-16-13/h2-3,6,8H,4-5,7,14H2,1H3. The maximum absolute atomic E-state index is 11.8. The van der Waals surface area contributed by atoms with Crippen LogP contribution in [0.4, 0.5) is 11.5 Å². The summed E-state index contributed by atoms with van der Waals surface area (Å²) >= 11 is 0. The van der Waals surface area contributed by atoms with Crippen LogP contribution in [0.2, 0.25) is 0 Å². The van der Waals surface area contributed by atoms with Gasteiger partial charge in [0.25, 0.3) is 0 Å². The molecule has 0 aliphatic carbocycles. The third kappa shape index (κ3) is 2.05. The highest BCUT2D eigenvalue weighted by Crippen LogP contribution is 2.25. The Labute approximate surface area is 110 Å². The monoisotopic (exact) mass is 257 g/mol. The number of carbonyl (C=O) groups is 1. The maximum Gasteiger partial charge on any atom is 0.241 e. The molecule has 6 heteroatoms. The first-order chi connectivity index (χ1) is 9.15. The number of hydrogen-bond donors (Lipinski definition) is 1. The van der Waals surface area contributed by atoms with E-state index in [2.05, 4.69) is 9.97 Å². The summed E-state index contributed by atoms with van der Waals surface area (Å²) in [6, 6.07) is 5.55. The summed E-state index contributed by atoms with van der Waals surface area (Å²) in [6.07, 6.45) is 1.51.